The van der Waals surface area contributed by atoms with Gasteiger partial charge in [0.05, 0.1) is 25.4 Å². The van der Waals surface area contributed by atoms with Crippen molar-refractivity contribution in [3.63, 3.8) is 0 Å². The third-order valence-electron chi connectivity index (χ3n) is 18.3. The van der Waals surface area contributed by atoms with Crippen LogP contribution in [-0.2, 0) is 14.3 Å². The Morgan fingerprint density at radius 1 is 0.333 bits per heavy atom. The fraction of sp³-hybridized carbons (Fsp3) is 0.923. The van der Waals surface area contributed by atoms with Crippen molar-refractivity contribution in [2.45, 2.75) is 450 Å². The first-order valence-electron chi connectivity index (χ1n) is 38.6. The molecule has 84 heavy (non-hydrogen) atoms. The van der Waals surface area contributed by atoms with E-state index in [-0.39, 0.29) is 18.5 Å². The summed E-state index contributed by atoms with van der Waals surface area (Å²) in [6.07, 6.45) is 93.9. The highest BCUT2D eigenvalue weighted by Gasteiger charge is 2.20. The molecule has 498 valence electrons. The first-order valence-corrected chi connectivity index (χ1v) is 38.6. The lowest BCUT2D eigenvalue weighted by Crippen LogP contribution is -2.45. The lowest BCUT2D eigenvalue weighted by atomic mass is 10.0. The van der Waals surface area contributed by atoms with E-state index >= 15 is 0 Å². The Kier molecular flexibility index (Phi) is 72.3. The Bertz CT molecular complexity index is 1320. The van der Waals surface area contributed by atoms with Gasteiger partial charge in [0.2, 0.25) is 5.91 Å². The Balaban J connectivity index is 3.34. The summed E-state index contributed by atoms with van der Waals surface area (Å²) in [5, 5.41) is 23.5. The number of hydrogen-bond acceptors (Lipinski definition) is 5. The van der Waals surface area contributed by atoms with Crippen LogP contribution >= 0.6 is 0 Å². The van der Waals surface area contributed by atoms with Gasteiger partial charge in [-0.2, -0.15) is 0 Å². The molecule has 0 aliphatic rings. The fourth-order valence-corrected chi connectivity index (χ4v) is 12.4. The lowest BCUT2D eigenvalue weighted by molar-refractivity contribution is -0.143. The van der Waals surface area contributed by atoms with E-state index in [2.05, 4.69) is 43.5 Å². The molecule has 6 heteroatoms. The molecule has 0 rings (SSSR count). The third kappa shape index (κ3) is 69.4. The average molecular weight is 1180 g/mol. The molecule has 1 amide bonds. The van der Waals surface area contributed by atoms with Gasteiger partial charge in [-0.05, 0) is 57.8 Å². The number of hydrogen-bond donors (Lipinski definition) is 3. The Morgan fingerprint density at radius 3 is 0.929 bits per heavy atom. The summed E-state index contributed by atoms with van der Waals surface area (Å²) >= 11 is 0. The largest absolute Gasteiger partial charge is 0.466 e. The number of aliphatic hydroxyl groups excluding tert-OH is 2. The number of amides is 1. The molecule has 0 bridgehead atoms. The highest BCUT2D eigenvalue weighted by Crippen LogP contribution is 2.20. The van der Waals surface area contributed by atoms with E-state index in [1.807, 2.05) is 0 Å². The van der Waals surface area contributed by atoms with Gasteiger partial charge < -0.3 is 20.3 Å². The van der Waals surface area contributed by atoms with Crippen LogP contribution in [0.4, 0.5) is 0 Å². The molecule has 2 atom stereocenters. The van der Waals surface area contributed by atoms with Crippen LogP contribution in [0.2, 0.25) is 0 Å². The van der Waals surface area contributed by atoms with Gasteiger partial charge in [-0.15, -0.1) is 0 Å². The maximum Gasteiger partial charge on any atom is 0.305 e. The molecule has 0 aromatic carbocycles. The van der Waals surface area contributed by atoms with Crippen molar-refractivity contribution in [2.24, 2.45) is 0 Å². The van der Waals surface area contributed by atoms with E-state index in [0.29, 0.717) is 25.9 Å². The molecular formula is C78H151NO5. The van der Waals surface area contributed by atoms with Crippen LogP contribution < -0.4 is 5.32 Å². The van der Waals surface area contributed by atoms with Crippen molar-refractivity contribution in [3.8, 4) is 0 Å². The van der Waals surface area contributed by atoms with Crippen LogP contribution in [0, 0.1) is 0 Å². The molecule has 0 aromatic heterocycles. The van der Waals surface area contributed by atoms with Crippen LogP contribution in [0.1, 0.15) is 438 Å². The molecular weight excluding hydrogens is 1030 g/mol. The SMILES string of the molecule is CCCCC/C=C\C/C=C\CCCCCCCCCC(=O)OCCCCCCCCCCCCCCCCCCCCCCCCCCCCCCC(=O)NC(CO)C(O)CCCCCCCCCCCCCCCCCCCCCCCC. The number of ether oxygens (including phenoxy) is 1. The van der Waals surface area contributed by atoms with Gasteiger partial charge in [-0.3, -0.25) is 9.59 Å². The molecule has 0 aliphatic carbocycles. The van der Waals surface area contributed by atoms with Gasteiger partial charge in [0.1, 0.15) is 0 Å². The molecule has 0 radical (unpaired) electrons. The number of nitrogens with one attached hydrogen (secondary N) is 1. The molecule has 0 spiro atoms. The molecule has 0 aliphatic heterocycles. The normalized spacial score (nSPS) is 12.6. The van der Waals surface area contributed by atoms with E-state index in [9.17, 15) is 19.8 Å². The predicted molar refractivity (Wildman–Crippen MR) is 370 cm³/mol. The maximum atomic E-state index is 12.6. The van der Waals surface area contributed by atoms with Crippen LogP contribution in [0.5, 0.6) is 0 Å². The lowest BCUT2D eigenvalue weighted by Gasteiger charge is -2.22. The summed E-state index contributed by atoms with van der Waals surface area (Å²) in [5.41, 5.74) is 0. The van der Waals surface area contributed by atoms with Gasteiger partial charge >= 0.3 is 5.97 Å². The second kappa shape index (κ2) is 73.8. The Morgan fingerprint density at radius 2 is 0.595 bits per heavy atom. The van der Waals surface area contributed by atoms with Crippen molar-refractivity contribution in [3.05, 3.63) is 24.3 Å². The Labute approximate surface area is 526 Å². The molecule has 2 unspecified atom stereocenters. The van der Waals surface area contributed by atoms with Crippen molar-refractivity contribution < 1.29 is 24.5 Å². The molecule has 3 N–H and O–H groups in total. The van der Waals surface area contributed by atoms with E-state index in [0.717, 1.165) is 51.4 Å². The van der Waals surface area contributed by atoms with Gasteiger partial charge in [-0.25, -0.2) is 0 Å². The first kappa shape index (κ1) is 82.3. The van der Waals surface area contributed by atoms with Crippen LogP contribution in [0.25, 0.3) is 0 Å². The van der Waals surface area contributed by atoms with Crippen molar-refractivity contribution in [1.29, 1.82) is 0 Å². The van der Waals surface area contributed by atoms with Crippen molar-refractivity contribution in [2.75, 3.05) is 13.2 Å². The fourth-order valence-electron chi connectivity index (χ4n) is 12.4. The number of rotatable bonds is 73. The average Bonchev–Trinajstić information content (AvgIpc) is 3.51. The number of carbonyl (C=O) groups is 2. The zero-order valence-corrected chi connectivity index (χ0v) is 57.2. The summed E-state index contributed by atoms with van der Waals surface area (Å²) in [4.78, 5) is 24.7. The summed E-state index contributed by atoms with van der Waals surface area (Å²) in [7, 11) is 0. The molecule has 0 saturated heterocycles. The second-order valence-electron chi connectivity index (χ2n) is 26.7. The van der Waals surface area contributed by atoms with E-state index in [1.165, 1.54) is 353 Å². The van der Waals surface area contributed by atoms with Crippen molar-refractivity contribution >= 4 is 11.9 Å². The zero-order chi connectivity index (χ0) is 60.6. The minimum absolute atomic E-state index is 0.0121. The monoisotopic (exact) mass is 1180 g/mol. The smallest absolute Gasteiger partial charge is 0.305 e. The second-order valence-corrected chi connectivity index (χ2v) is 26.7. The first-order chi connectivity index (χ1) is 41.5. The summed E-state index contributed by atoms with van der Waals surface area (Å²) in [6.45, 7) is 4.98. The van der Waals surface area contributed by atoms with Gasteiger partial charge in [-0.1, -0.05) is 391 Å². The van der Waals surface area contributed by atoms with Crippen LogP contribution in [-0.4, -0.2) is 47.4 Å². The van der Waals surface area contributed by atoms with Gasteiger partial charge in [0, 0.05) is 12.8 Å². The number of carbonyl (C=O) groups excluding carboxylic acids is 2. The van der Waals surface area contributed by atoms with Gasteiger partial charge in [0.25, 0.3) is 0 Å². The molecule has 0 fully saturated rings. The van der Waals surface area contributed by atoms with E-state index < -0.39 is 12.1 Å². The highest BCUT2D eigenvalue weighted by molar-refractivity contribution is 5.76. The standard InChI is InChI=1S/C78H151NO5/c1-3-5-7-9-11-13-15-17-19-21-22-23-32-35-39-42-46-50-54-58-62-66-70-76(81)75(74-80)79-77(82)71-67-63-59-55-51-47-43-40-36-33-30-28-26-24-25-27-29-31-34-37-41-45-49-53-57-61-65-69-73-84-78(83)72-68-64-60-56-52-48-44-38-20-18-16-14-12-10-8-6-4-2/h12,14,18,20,75-76,80-81H,3-11,13,15-17,19,21-74H2,1-2H3,(H,79,82)/b14-12-,20-18-. The highest BCUT2D eigenvalue weighted by atomic mass is 16.5. The molecule has 0 saturated carbocycles. The summed E-state index contributed by atoms with van der Waals surface area (Å²) in [5.74, 6) is -0.0145. The van der Waals surface area contributed by atoms with Crippen molar-refractivity contribution in [1.82, 2.24) is 5.32 Å². The van der Waals surface area contributed by atoms with Gasteiger partial charge in [0.15, 0.2) is 0 Å². The zero-order valence-electron chi connectivity index (χ0n) is 57.2. The predicted octanol–water partition coefficient (Wildman–Crippen LogP) is 25.3. The van der Waals surface area contributed by atoms with E-state index in [4.69, 9.17) is 4.74 Å². The molecule has 0 heterocycles. The molecule has 6 nitrogen and oxygen atoms in total. The number of esters is 1. The quantitative estimate of drug-likeness (QED) is 0.0320. The topological polar surface area (TPSA) is 95.9 Å². The minimum atomic E-state index is -0.663. The number of unbranched alkanes of at least 4 members (excludes halogenated alkanes) is 58. The molecule has 0 aromatic rings. The maximum absolute atomic E-state index is 12.6. The van der Waals surface area contributed by atoms with Crippen LogP contribution in [0.3, 0.4) is 0 Å². The minimum Gasteiger partial charge on any atom is -0.466 e. The summed E-state index contributed by atoms with van der Waals surface area (Å²) in [6, 6.07) is -0.540. The Hall–Kier alpha value is -1.66. The number of allylic oxidation sites excluding steroid dienone is 4. The summed E-state index contributed by atoms with van der Waals surface area (Å²) < 4.78 is 5.50. The van der Waals surface area contributed by atoms with Crippen LogP contribution in [0.15, 0.2) is 24.3 Å². The number of aliphatic hydroxyl groups is 2. The third-order valence-corrected chi connectivity index (χ3v) is 18.3. The van der Waals surface area contributed by atoms with E-state index in [1.54, 1.807) is 0 Å².